The lowest BCUT2D eigenvalue weighted by atomic mass is 9.99. The smallest absolute Gasteiger partial charge is 0.339 e. The molecule has 37 heavy (non-hydrogen) atoms. The fourth-order valence-corrected chi connectivity index (χ4v) is 4.44. The van der Waals surface area contributed by atoms with Crippen LogP contribution in [0.2, 0.25) is 0 Å². The Morgan fingerprint density at radius 2 is 1.35 bits per heavy atom. The summed E-state index contributed by atoms with van der Waals surface area (Å²) in [7, 11) is 0. The summed E-state index contributed by atoms with van der Waals surface area (Å²) in [6.07, 6.45) is -0.521. The molecule has 0 N–H and O–H groups in total. The van der Waals surface area contributed by atoms with Crippen LogP contribution in [0.4, 0.5) is 5.69 Å². The highest BCUT2D eigenvalue weighted by Crippen LogP contribution is 2.32. The van der Waals surface area contributed by atoms with E-state index >= 15 is 0 Å². The number of hydrogen-bond acceptors (Lipinski definition) is 5. The van der Waals surface area contributed by atoms with Crippen LogP contribution in [0.5, 0.6) is 0 Å². The molecule has 0 aliphatic carbocycles. The van der Waals surface area contributed by atoms with Crippen molar-refractivity contribution in [1.29, 1.82) is 0 Å². The zero-order valence-corrected chi connectivity index (χ0v) is 20.1. The fraction of sp³-hybridized carbons (Fsp3) is 0.0968. The number of carbonyl (C=O) groups excluding carboxylic acids is 4. The second-order valence-corrected chi connectivity index (χ2v) is 8.61. The van der Waals surface area contributed by atoms with Crippen molar-refractivity contribution in [2.24, 2.45) is 0 Å². The van der Waals surface area contributed by atoms with E-state index in [4.69, 9.17) is 4.74 Å². The van der Waals surface area contributed by atoms with Crippen LogP contribution in [-0.4, -0.2) is 23.6 Å². The molecule has 182 valence electrons. The van der Waals surface area contributed by atoms with E-state index in [0.29, 0.717) is 23.2 Å². The van der Waals surface area contributed by atoms with Crippen LogP contribution in [-0.2, 0) is 11.2 Å². The molecule has 0 saturated carbocycles. The first-order chi connectivity index (χ1) is 18.0. The summed E-state index contributed by atoms with van der Waals surface area (Å²) >= 11 is 0. The van der Waals surface area contributed by atoms with Crippen molar-refractivity contribution in [1.82, 2.24) is 0 Å². The maximum Gasteiger partial charge on any atom is 0.339 e. The number of fused-ring (bicyclic) bond motifs is 1. The lowest BCUT2D eigenvalue weighted by molar-refractivity contribution is 0.0280. The number of aryl methyl sites for hydroxylation is 1. The topological polar surface area (TPSA) is 80.8 Å². The lowest BCUT2D eigenvalue weighted by Gasteiger charge is -2.18. The van der Waals surface area contributed by atoms with Crippen LogP contribution in [0.15, 0.2) is 103 Å². The van der Waals surface area contributed by atoms with Crippen molar-refractivity contribution in [2.45, 2.75) is 19.4 Å². The molecular weight excluding hydrogens is 466 g/mol. The van der Waals surface area contributed by atoms with Crippen molar-refractivity contribution in [3.05, 3.63) is 137 Å². The van der Waals surface area contributed by atoms with Gasteiger partial charge in [0.2, 0.25) is 5.78 Å². The van der Waals surface area contributed by atoms with E-state index in [1.807, 2.05) is 19.1 Å². The van der Waals surface area contributed by atoms with Crippen molar-refractivity contribution >= 4 is 29.3 Å². The van der Waals surface area contributed by atoms with Crippen LogP contribution in [0.3, 0.4) is 0 Å². The molecule has 0 radical (unpaired) electrons. The van der Waals surface area contributed by atoms with Crippen molar-refractivity contribution in [3.8, 4) is 0 Å². The molecule has 4 aromatic carbocycles. The maximum atomic E-state index is 13.3. The van der Waals surface area contributed by atoms with Crippen molar-refractivity contribution in [3.63, 3.8) is 0 Å². The van der Waals surface area contributed by atoms with E-state index < -0.39 is 23.9 Å². The third kappa shape index (κ3) is 4.45. The average molecular weight is 490 g/mol. The van der Waals surface area contributed by atoms with Gasteiger partial charge in [0.15, 0.2) is 6.10 Å². The highest BCUT2D eigenvalue weighted by molar-refractivity contribution is 6.35. The highest BCUT2D eigenvalue weighted by Gasteiger charge is 2.38. The van der Waals surface area contributed by atoms with E-state index in [2.05, 4.69) is 0 Å². The zero-order chi connectivity index (χ0) is 25.9. The number of imide groups is 1. The zero-order valence-electron chi connectivity index (χ0n) is 20.1. The lowest BCUT2D eigenvalue weighted by Crippen LogP contribution is -2.30. The Morgan fingerprint density at radius 3 is 2.05 bits per heavy atom. The molecule has 0 aromatic heterocycles. The summed E-state index contributed by atoms with van der Waals surface area (Å²) < 4.78 is 5.71. The maximum absolute atomic E-state index is 13.3. The Bertz CT molecular complexity index is 1510. The molecule has 6 heteroatoms. The molecule has 1 atom stereocenters. The Kier molecular flexibility index (Phi) is 6.47. The van der Waals surface area contributed by atoms with Gasteiger partial charge in [0.1, 0.15) is 0 Å². The summed E-state index contributed by atoms with van der Waals surface area (Å²) in [5.41, 5.74) is 2.74. The molecule has 6 nitrogen and oxygen atoms in total. The molecule has 5 rings (SSSR count). The van der Waals surface area contributed by atoms with Crippen LogP contribution >= 0.6 is 0 Å². The van der Waals surface area contributed by atoms with Gasteiger partial charge >= 0.3 is 5.97 Å². The Morgan fingerprint density at radius 1 is 0.730 bits per heavy atom. The molecule has 0 fully saturated rings. The van der Waals surface area contributed by atoms with Gasteiger partial charge in [0.05, 0.1) is 22.4 Å². The van der Waals surface area contributed by atoms with E-state index in [9.17, 15) is 19.2 Å². The van der Waals surface area contributed by atoms with E-state index in [1.165, 1.54) is 18.2 Å². The van der Waals surface area contributed by atoms with Crippen molar-refractivity contribution in [2.75, 3.05) is 4.90 Å². The van der Waals surface area contributed by atoms with Gasteiger partial charge in [-0.3, -0.25) is 14.4 Å². The minimum Gasteiger partial charge on any atom is -0.445 e. The van der Waals surface area contributed by atoms with Crippen molar-refractivity contribution < 1.29 is 23.9 Å². The SMILES string of the molecule is CCc1ccccc1N1C(=O)c2ccc(C(=O)O[C@H](C(=O)c3ccccc3)c3ccccc3)cc2C1=O. The number of ketones is 1. The first-order valence-corrected chi connectivity index (χ1v) is 12.0. The Hall–Kier alpha value is -4.84. The number of Topliss-reactive ketones (excluding diaryl/α,β-unsaturated/α-hetero) is 1. The van der Waals surface area contributed by atoms with E-state index in [-0.39, 0.29) is 22.5 Å². The third-order valence-corrected chi connectivity index (χ3v) is 6.36. The van der Waals surface area contributed by atoms with Gasteiger partial charge in [-0.1, -0.05) is 85.8 Å². The van der Waals surface area contributed by atoms with Gasteiger partial charge in [-0.15, -0.1) is 0 Å². The van der Waals surface area contributed by atoms with E-state index in [1.54, 1.807) is 72.8 Å². The number of para-hydroxylation sites is 1. The normalized spacial score (nSPS) is 13.3. The number of ether oxygens (including phenoxy) is 1. The second-order valence-electron chi connectivity index (χ2n) is 8.61. The standard InChI is InChI=1S/C31H23NO5/c1-2-20-11-9-10-16-26(20)32-29(34)24-18-17-23(19-25(24)30(32)35)31(36)37-28(22-14-7-4-8-15-22)27(33)21-12-5-3-6-13-21/h3-19,28H,2H2,1H3/t28-/m0/s1. The molecule has 0 spiro atoms. The molecule has 0 bridgehead atoms. The second kappa shape index (κ2) is 10.0. The molecule has 2 amide bonds. The number of amides is 2. The third-order valence-electron chi connectivity index (χ3n) is 6.36. The van der Waals surface area contributed by atoms with Gasteiger partial charge in [0, 0.05) is 11.1 Å². The molecule has 0 saturated heterocycles. The number of anilines is 1. The molecule has 1 aliphatic heterocycles. The Balaban J connectivity index is 1.45. The van der Waals surface area contributed by atoms with Crippen LogP contribution < -0.4 is 4.90 Å². The first kappa shape index (κ1) is 23.9. The Labute approximate surface area is 214 Å². The summed E-state index contributed by atoms with van der Waals surface area (Å²) in [5.74, 6) is -2.08. The molecule has 1 aliphatic rings. The summed E-state index contributed by atoms with van der Waals surface area (Å²) in [5, 5.41) is 0. The average Bonchev–Trinajstić information content (AvgIpc) is 3.20. The summed E-state index contributed by atoms with van der Waals surface area (Å²) in [6, 6.07) is 28.8. The van der Waals surface area contributed by atoms with Gasteiger partial charge in [-0.25, -0.2) is 9.69 Å². The number of hydrogen-bond donors (Lipinski definition) is 0. The first-order valence-electron chi connectivity index (χ1n) is 12.0. The number of nitrogens with zero attached hydrogens (tertiary/aromatic N) is 1. The van der Waals surface area contributed by atoms with Gasteiger partial charge < -0.3 is 4.74 Å². The largest absolute Gasteiger partial charge is 0.445 e. The van der Waals surface area contributed by atoms with Crippen LogP contribution in [0.1, 0.15) is 65.6 Å². The predicted octanol–water partition coefficient (Wildman–Crippen LogP) is 5.83. The summed E-state index contributed by atoms with van der Waals surface area (Å²) in [6.45, 7) is 1.95. The van der Waals surface area contributed by atoms with Gasteiger partial charge in [0.25, 0.3) is 11.8 Å². The summed E-state index contributed by atoms with van der Waals surface area (Å²) in [4.78, 5) is 54.0. The quantitative estimate of drug-likeness (QED) is 0.185. The molecular formula is C31H23NO5. The van der Waals surface area contributed by atoms with Gasteiger partial charge in [-0.2, -0.15) is 0 Å². The molecule has 4 aromatic rings. The predicted molar refractivity (Wildman–Crippen MR) is 139 cm³/mol. The highest BCUT2D eigenvalue weighted by atomic mass is 16.5. The minimum absolute atomic E-state index is 0.0762. The number of carbonyl (C=O) groups is 4. The van der Waals surface area contributed by atoms with E-state index in [0.717, 1.165) is 10.5 Å². The van der Waals surface area contributed by atoms with Gasteiger partial charge in [-0.05, 0) is 36.2 Å². The fourth-order valence-electron chi connectivity index (χ4n) is 4.44. The number of benzene rings is 4. The van der Waals surface area contributed by atoms with Crippen LogP contribution in [0, 0.1) is 0 Å². The minimum atomic E-state index is -1.17. The molecule has 1 heterocycles. The number of esters is 1. The number of rotatable bonds is 7. The van der Waals surface area contributed by atoms with Crippen LogP contribution in [0.25, 0.3) is 0 Å². The molecule has 0 unspecified atom stereocenters. The monoisotopic (exact) mass is 489 g/mol.